The van der Waals surface area contributed by atoms with Crippen molar-refractivity contribution in [3.05, 3.63) is 28.6 Å². The van der Waals surface area contributed by atoms with Crippen LogP contribution in [0.15, 0.2) is 6.07 Å². The van der Waals surface area contributed by atoms with Gasteiger partial charge >= 0.3 is 0 Å². The molecule has 0 spiro atoms. The number of aromatic nitrogens is 1. The molecule has 1 aliphatic rings. The van der Waals surface area contributed by atoms with Gasteiger partial charge < -0.3 is 5.11 Å². The number of aliphatic hydroxyl groups is 1. The van der Waals surface area contributed by atoms with E-state index in [0.29, 0.717) is 5.92 Å². The molecule has 1 heterocycles. The summed E-state index contributed by atoms with van der Waals surface area (Å²) in [6, 6.07) is 2.17. The lowest BCUT2D eigenvalue weighted by Crippen LogP contribution is -2.15. The number of rotatable bonds is 1. The van der Waals surface area contributed by atoms with E-state index in [0.717, 1.165) is 30.7 Å². The van der Waals surface area contributed by atoms with E-state index >= 15 is 0 Å². The summed E-state index contributed by atoms with van der Waals surface area (Å²) >= 11 is 0. The van der Waals surface area contributed by atoms with Gasteiger partial charge in [-0.15, -0.1) is 0 Å². The van der Waals surface area contributed by atoms with E-state index in [2.05, 4.69) is 24.9 Å². The highest BCUT2D eigenvalue weighted by atomic mass is 16.3. The smallest absolute Gasteiger partial charge is 0.0962 e. The van der Waals surface area contributed by atoms with Crippen LogP contribution in [0.5, 0.6) is 0 Å². The highest BCUT2D eigenvalue weighted by Crippen LogP contribution is 2.33. The van der Waals surface area contributed by atoms with Crippen LogP contribution in [-0.2, 0) is 6.42 Å². The standard InChI is InChI=1S/C13H19NO/c1-8(2)11-7-9(3)14-13-10(11)5-4-6-12(13)15/h7-8,12,15H,4-6H2,1-3H3. The van der Waals surface area contributed by atoms with Gasteiger partial charge in [0.2, 0.25) is 0 Å². The lowest BCUT2D eigenvalue weighted by molar-refractivity contribution is 0.151. The zero-order valence-electron chi connectivity index (χ0n) is 9.75. The van der Waals surface area contributed by atoms with Crippen molar-refractivity contribution in [2.45, 2.75) is 52.1 Å². The van der Waals surface area contributed by atoms with E-state index in [4.69, 9.17) is 0 Å². The average Bonchev–Trinajstić information content (AvgIpc) is 2.18. The quantitative estimate of drug-likeness (QED) is 0.764. The molecule has 82 valence electrons. The largest absolute Gasteiger partial charge is 0.387 e. The molecule has 15 heavy (non-hydrogen) atoms. The number of nitrogens with zero attached hydrogens (tertiary/aromatic N) is 1. The third-order valence-corrected chi connectivity index (χ3v) is 3.16. The Morgan fingerprint density at radius 1 is 1.47 bits per heavy atom. The van der Waals surface area contributed by atoms with Crippen molar-refractivity contribution >= 4 is 0 Å². The molecule has 1 aliphatic carbocycles. The molecule has 2 rings (SSSR count). The molecule has 1 aromatic heterocycles. The predicted molar refractivity (Wildman–Crippen MR) is 61.0 cm³/mol. The summed E-state index contributed by atoms with van der Waals surface area (Å²) < 4.78 is 0. The Labute approximate surface area is 91.4 Å². The van der Waals surface area contributed by atoms with Crippen LogP contribution in [0, 0.1) is 6.92 Å². The van der Waals surface area contributed by atoms with Crippen LogP contribution in [0.25, 0.3) is 0 Å². The zero-order chi connectivity index (χ0) is 11.0. The summed E-state index contributed by atoms with van der Waals surface area (Å²) in [6.07, 6.45) is 2.68. The molecular weight excluding hydrogens is 186 g/mol. The second-order valence-corrected chi connectivity index (χ2v) is 4.78. The van der Waals surface area contributed by atoms with E-state index in [1.54, 1.807) is 0 Å². The number of pyridine rings is 1. The first-order valence-corrected chi connectivity index (χ1v) is 5.78. The maximum absolute atomic E-state index is 9.93. The third-order valence-electron chi connectivity index (χ3n) is 3.16. The normalized spacial score (nSPS) is 20.5. The number of fused-ring (bicyclic) bond motifs is 1. The molecule has 0 amide bonds. The summed E-state index contributed by atoms with van der Waals surface area (Å²) in [5, 5.41) is 9.93. The Bertz CT molecular complexity index is 354. The summed E-state index contributed by atoms with van der Waals surface area (Å²) in [5.74, 6) is 0.519. The van der Waals surface area contributed by atoms with Crippen LogP contribution in [-0.4, -0.2) is 10.1 Å². The molecule has 0 radical (unpaired) electrons. The molecule has 1 aromatic rings. The van der Waals surface area contributed by atoms with Gasteiger partial charge in [-0.05, 0) is 49.3 Å². The van der Waals surface area contributed by atoms with Crippen molar-refractivity contribution in [1.29, 1.82) is 0 Å². The van der Waals surface area contributed by atoms with Gasteiger partial charge in [0.25, 0.3) is 0 Å². The first-order valence-electron chi connectivity index (χ1n) is 5.78. The molecule has 2 nitrogen and oxygen atoms in total. The van der Waals surface area contributed by atoms with Gasteiger partial charge in [-0.3, -0.25) is 4.98 Å². The van der Waals surface area contributed by atoms with E-state index in [1.807, 2.05) is 6.92 Å². The van der Waals surface area contributed by atoms with Gasteiger partial charge in [0.1, 0.15) is 0 Å². The van der Waals surface area contributed by atoms with Gasteiger partial charge in [0.05, 0.1) is 11.8 Å². The van der Waals surface area contributed by atoms with Crippen molar-refractivity contribution in [3.8, 4) is 0 Å². The van der Waals surface area contributed by atoms with Gasteiger partial charge in [0, 0.05) is 5.69 Å². The maximum Gasteiger partial charge on any atom is 0.0962 e. The minimum atomic E-state index is -0.342. The van der Waals surface area contributed by atoms with Crippen LogP contribution in [0.4, 0.5) is 0 Å². The van der Waals surface area contributed by atoms with Crippen LogP contribution >= 0.6 is 0 Å². The summed E-state index contributed by atoms with van der Waals surface area (Å²) in [4.78, 5) is 4.49. The summed E-state index contributed by atoms with van der Waals surface area (Å²) in [6.45, 7) is 6.42. The minimum absolute atomic E-state index is 0.342. The zero-order valence-corrected chi connectivity index (χ0v) is 9.75. The molecular formula is C13H19NO. The fourth-order valence-electron chi connectivity index (χ4n) is 2.42. The van der Waals surface area contributed by atoms with Gasteiger partial charge in [-0.1, -0.05) is 13.8 Å². The Kier molecular flexibility index (Phi) is 2.79. The van der Waals surface area contributed by atoms with Crippen molar-refractivity contribution < 1.29 is 5.11 Å². The molecule has 0 saturated carbocycles. The van der Waals surface area contributed by atoms with Crippen molar-refractivity contribution in [2.24, 2.45) is 0 Å². The van der Waals surface area contributed by atoms with Crippen LogP contribution in [0.3, 0.4) is 0 Å². The molecule has 0 bridgehead atoms. The number of hydrogen-bond donors (Lipinski definition) is 1. The number of aryl methyl sites for hydroxylation is 1. The van der Waals surface area contributed by atoms with E-state index in [9.17, 15) is 5.11 Å². The second kappa shape index (κ2) is 3.93. The second-order valence-electron chi connectivity index (χ2n) is 4.78. The van der Waals surface area contributed by atoms with Gasteiger partial charge in [-0.2, -0.15) is 0 Å². The summed E-state index contributed by atoms with van der Waals surface area (Å²) in [7, 11) is 0. The van der Waals surface area contributed by atoms with Crippen molar-refractivity contribution in [1.82, 2.24) is 4.98 Å². The average molecular weight is 205 g/mol. The van der Waals surface area contributed by atoms with Gasteiger partial charge in [-0.25, -0.2) is 0 Å². The molecule has 0 aromatic carbocycles. The fourth-order valence-corrected chi connectivity index (χ4v) is 2.42. The predicted octanol–water partition coefficient (Wildman–Crippen LogP) is 2.88. The number of aliphatic hydroxyl groups excluding tert-OH is 1. The lowest BCUT2D eigenvalue weighted by Gasteiger charge is -2.24. The van der Waals surface area contributed by atoms with Crippen LogP contribution in [0.1, 0.15) is 61.2 Å². The monoisotopic (exact) mass is 205 g/mol. The Balaban J connectivity index is 2.57. The molecule has 0 saturated heterocycles. The SMILES string of the molecule is Cc1cc(C(C)C)c2c(n1)C(O)CCC2. The number of hydrogen-bond acceptors (Lipinski definition) is 2. The van der Waals surface area contributed by atoms with E-state index in [-0.39, 0.29) is 6.10 Å². The van der Waals surface area contributed by atoms with Crippen LogP contribution in [0.2, 0.25) is 0 Å². The highest BCUT2D eigenvalue weighted by molar-refractivity contribution is 5.37. The summed E-state index contributed by atoms with van der Waals surface area (Å²) in [5.41, 5.74) is 4.63. The van der Waals surface area contributed by atoms with Crippen molar-refractivity contribution in [3.63, 3.8) is 0 Å². The lowest BCUT2D eigenvalue weighted by atomic mass is 9.86. The third kappa shape index (κ3) is 1.91. The fraction of sp³-hybridized carbons (Fsp3) is 0.615. The molecule has 1 N–H and O–H groups in total. The molecule has 2 heteroatoms. The maximum atomic E-state index is 9.93. The van der Waals surface area contributed by atoms with Gasteiger partial charge in [0.15, 0.2) is 0 Å². The Hall–Kier alpha value is -0.890. The minimum Gasteiger partial charge on any atom is -0.387 e. The molecule has 1 unspecified atom stereocenters. The topological polar surface area (TPSA) is 33.1 Å². The first-order chi connectivity index (χ1) is 7.09. The highest BCUT2D eigenvalue weighted by Gasteiger charge is 2.23. The Morgan fingerprint density at radius 2 is 2.20 bits per heavy atom. The van der Waals surface area contributed by atoms with Crippen LogP contribution < -0.4 is 0 Å². The molecule has 1 atom stereocenters. The first kappa shape index (κ1) is 10.6. The van der Waals surface area contributed by atoms with E-state index in [1.165, 1.54) is 11.1 Å². The molecule has 0 fully saturated rings. The Morgan fingerprint density at radius 3 is 2.87 bits per heavy atom. The van der Waals surface area contributed by atoms with E-state index < -0.39 is 0 Å². The molecule has 0 aliphatic heterocycles. The van der Waals surface area contributed by atoms with Crippen molar-refractivity contribution in [2.75, 3.05) is 0 Å².